The molecule has 1 aromatic rings. The van der Waals surface area contributed by atoms with Crippen molar-refractivity contribution in [2.24, 2.45) is 23.2 Å². The molecule has 4 bridgehead atoms. The number of hydrogen-bond acceptors (Lipinski definition) is 3. The third-order valence-corrected chi connectivity index (χ3v) is 5.72. The second kappa shape index (κ2) is 4.27. The molecule has 102 valence electrons. The summed E-state index contributed by atoms with van der Waals surface area (Å²) in [5.41, 5.74) is 1.16. The van der Waals surface area contributed by atoms with Crippen LogP contribution in [0.15, 0.2) is 18.6 Å². The molecule has 0 spiro atoms. The Morgan fingerprint density at radius 1 is 1.11 bits per heavy atom. The maximum absolute atomic E-state index is 10.5. The molecule has 3 heteroatoms. The van der Waals surface area contributed by atoms with Crippen molar-refractivity contribution in [2.45, 2.75) is 51.0 Å². The molecule has 0 amide bonds. The number of aromatic nitrogens is 2. The van der Waals surface area contributed by atoms with Gasteiger partial charge in [0.1, 0.15) is 0 Å². The minimum atomic E-state index is -0.426. The van der Waals surface area contributed by atoms with Crippen molar-refractivity contribution in [3.05, 3.63) is 24.3 Å². The second-order valence-electron chi connectivity index (χ2n) is 7.27. The van der Waals surface area contributed by atoms with E-state index in [1.165, 1.54) is 38.5 Å². The minimum absolute atomic E-state index is 0.408. The molecular weight excluding hydrogens is 236 g/mol. The molecule has 5 rings (SSSR count). The lowest BCUT2D eigenvalue weighted by atomic mass is 9.48. The average Bonchev–Trinajstić information content (AvgIpc) is 2.37. The summed E-state index contributed by atoms with van der Waals surface area (Å²) in [5, 5.41) is 10.5. The van der Waals surface area contributed by atoms with Crippen molar-refractivity contribution in [3.63, 3.8) is 0 Å². The summed E-state index contributed by atoms with van der Waals surface area (Å²) in [7, 11) is 0. The third kappa shape index (κ3) is 2.08. The Balaban J connectivity index is 1.53. The molecule has 0 radical (unpaired) electrons. The number of rotatable bonds is 3. The summed E-state index contributed by atoms with van der Waals surface area (Å²) in [6.45, 7) is 0. The van der Waals surface area contributed by atoms with E-state index in [1.54, 1.807) is 18.6 Å². The molecule has 1 heterocycles. The van der Waals surface area contributed by atoms with Crippen LogP contribution >= 0.6 is 0 Å². The summed E-state index contributed by atoms with van der Waals surface area (Å²) >= 11 is 0. The molecule has 1 atom stereocenters. The first-order valence-corrected chi connectivity index (χ1v) is 7.66. The summed E-state index contributed by atoms with van der Waals surface area (Å²) in [6.07, 6.45) is 13.9. The molecule has 4 aliphatic carbocycles. The van der Waals surface area contributed by atoms with Gasteiger partial charge in [-0.05, 0) is 68.1 Å². The van der Waals surface area contributed by atoms with Crippen LogP contribution in [-0.2, 0) is 0 Å². The Morgan fingerprint density at radius 3 is 2.26 bits per heavy atom. The van der Waals surface area contributed by atoms with Crippen LogP contribution < -0.4 is 0 Å². The summed E-state index contributed by atoms with van der Waals surface area (Å²) in [6, 6.07) is 0. The third-order valence-electron chi connectivity index (χ3n) is 5.72. The Labute approximate surface area is 114 Å². The average molecular weight is 258 g/mol. The van der Waals surface area contributed by atoms with Crippen LogP contribution in [0.5, 0.6) is 0 Å². The second-order valence-corrected chi connectivity index (χ2v) is 7.27. The monoisotopic (exact) mass is 258 g/mol. The van der Waals surface area contributed by atoms with E-state index in [2.05, 4.69) is 9.97 Å². The van der Waals surface area contributed by atoms with Gasteiger partial charge in [-0.25, -0.2) is 0 Å². The fourth-order valence-electron chi connectivity index (χ4n) is 5.54. The normalized spacial score (nSPS) is 41.4. The molecule has 4 fully saturated rings. The van der Waals surface area contributed by atoms with Gasteiger partial charge in [-0.1, -0.05) is 0 Å². The topological polar surface area (TPSA) is 46.0 Å². The molecule has 1 aromatic heterocycles. The van der Waals surface area contributed by atoms with E-state index in [0.29, 0.717) is 5.41 Å². The lowest BCUT2D eigenvalue weighted by molar-refractivity contribution is -0.0769. The fourth-order valence-corrected chi connectivity index (χ4v) is 5.54. The smallest absolute Gasteiger partial charge is 0.0980 e. The van der Waals surface area contributed by atoms with Crippen LogP contribution in [0.1, 0.15) is 56.7 Å². The van der Waals surface area contributed by atoms with E-state index in [-0.39, 0.29) is 0 Å². The van der Waals surface area contributed by atoms with Gasteiger partial charge in [0, 0.05) is 12.4 Å². The standard InChI is InChI=1S/C16H22N2O/c19-15(14-10-17-1-2-18-14)9-16-6-11-3-12(7-16)5-13(4-11)8-16/h1-2,10-13,15,19H,3-9H2. The maximum Gasteiger partial charge on any atom is 0.0980 e. The van der Waals surface area contributed by atoms with Crippen LogP contribution in [0.2, 0.25) is 0 Å². The van der Waals surface area contributed by atoms with E-state index in [4.69, 9.17) is 0 Å². The molecule has 3 nitrogen and oxygen atoms in total. The minimum Gasteiger partial charge on any atom is -0.387 e. The zero-order chi connectivity index (χ0) is 12.9. The zero-order valence-corrected chi connectivity index (χ0v) is 11.3. The van der Waals surface area contributed by atoms with Crippen molar-refractivity contribution in [2.75, 3.05) is 0 Å². The lowest BCUT2D eigenvalue weighted by Gasteiger charge is -2.57. The molecule has 0 saturated heterocycles. The van der Waals surface area contributed by atoms with E-state index in [9.17, 15) is 5.11 Å². The van der Waals surface area contributed by atoms with Crippen molar-refractivity contribution in [1.29, 1.82) is 0 Å². The predicted molar refractivity (Wildman–Crippen MR) is 72.2 cm³/mol. The highest BCUT2D eigenvalue weighted by Crippen LogP contribution is 2.62. The van der Waals surface area contributed by atoms with Crippen molar-refractivity contribution < 1.29 is 5.11 Å². The first kappa shape index (κ1) is 11.8. The summed E-state index contributed by atoms with van der Waals surface area (Å²) in [5.74, 6) is 2.83. The number of aliphatic hydroxyl groups is 1. The van der Waals surface area contributed by atoms with Gasteiger partial charge >= 0.3 is 0 Å². The lowest BCUT2D eigenvalue weighted by Crippen LogP contribution is -2.46. The van der Waals surface area contributed by atoms with Gasteiger partial charge in [-0.3, -0.25) is 9.97 Å². The number of aliphatic hydroxyl groups excluding tert-OH is 1. The van der Waals surface area contributed by atoms with Crippen LogP contribution in [0.4, 0.5) is 0 Å². The first-order chi connectivity index (χ1) is 9.22. The van der Waals surface area contributed by atoms with Gasteiger partial charge in [0.05, 0.1) is 18.0 Å². The van der Waals surface area contributed by atoms with Crippen molar-refractivity contribution in [1.82, 2.24) is 9.97 Å². The molecule has 1 N–H and O–H groups in total. The Hall–Kier alpha value is -0.960. The Morgan fingerprint density at radius 2 is 1.74 bits per heavy atom. The van der Waals surface area contributed by atoms with E-state index in [1.807, 2.05) is 0 Å². The van der Waals surface area contributed by atoms with Gasteiger partial charge < -0.3 is 5.11 Å². The number of hydrogen-bond donors (Lipinski definition) is 1. The summed E-state index contributed by atoms with van der Waals surface area (Å²) in [4.78, 5) is 8.34. The molecule has 1 unspecified atom stereocenters. The van der Waals surface area contributed by atoms with Gasteiger partial charge in [-0.15, -0.1) is 0 Å². The molecular formula is C16H22N2O. The van der Waals surface area contributed by atoms with E-state index in [0.717, 1.165) is 29.9 Å². The molecule has 0 aromatic carbocycles. The largest absolute Gasteiger partial charge is 0.387 e. The molecule has 0 aliphatic heterocycles. The van der Waals surface area contributed by atoms with E-state index < -0.39 is 6.10 Å². The predicted octanol–water partition coefficient (Wildman–Crippen LogP) is 3.12. The van der Waals surface area contributed by atoms with E-state index >= 15 is 0 Å². The Bertz CT molecular complexity index is 424. The van der Waals surface area contributed by atoms with Gasteiger partial charge in [0.2, 0.25) is 0 Å². The zero-order valence-electron chi connectivity index (χ0n) is 11.3. The SMILES string of the molecule is OC(CC12CC3CC(CC(C3)C1)C2)c1cnccn1. The highest BCUT2D eigenvalue weighted by molar-refractivity contribution is 5.06. The maximum atomic E-state index is 10.5. The molecule has 4 saturated carbocycles. The quantitative estimate of drug-likeness (QED) is 0.906. The number of nitrogens with zero attached hydrogens (tertiary/aromatic N) is 2. The Kier molecular flexibility index (Phi) is 2.66. The highest BCUT2D eigenvalue weighted by atomic mass is 16.3. The van der Waals surface area contributed by atoms with Crippen molar-refractivity contribution >= 4 is 0 Å². The molecule has 19 heavy (non-hydrogen) atoms. The van der Waals surface area contributed by atoms with Gasteiger partial charge in [0.25, 0.3) is 0 Å². The van der Waals surface area contributed by atoms with Gasteiger partial charge in [-0.2, -0.15) is 0 Å². The molecule has 4 aliphatic rings. The van der Waals surface area contributed by atoms with Crippen LogP contribution in [0.3, 0.4) is 0 Å². The van der Waals surface area contributed by atoms with Gasteiger partial charge in [0.15, 0.2) is 0 Å². The van der Waals surface area contributed by atoms with Crippen LogP contribution in [0, 0.1) is 23.2 Å². The van der Waals surface area contributed by atoms with Crippen molar-refractivity contribution in [3.8, 4) is 0 Å². The summed E-state index contributed by atoms with van der Waals surface area (Å²) < 4.78 is 0. The fraction of sp³-hybridized carbons (Fsp3) is 0.750. The highest BCUT2D eigenvalue weighted by Gasteiger charge is 2.51. The van der Waals surface area contributed by atoms with Crippen LogP contribution in [0.25, 0.3) is 0 Å². The first-order valence-electron chi connectivity index (χ1n) is 7.66. The van der Waals surface area contributed by atoms with Crippen LogP contribution in [-0.4, -0.2) is 15.1 Å².